The van der Waals surface area contributed by atoms with E-state index in [0.717, 1.165) is 46.5 Å². The number of carbonyl (C=O) groups excluding carboxylic acids is 1. The number of fused-ring (bicyclic) bond motifs is 1. The predicted molar refractivity (Wildman–Crippen MR) is 132 cm³/mol. The summed E-state index contributed by atoms with van der Waals surface area (Å²) in [6.45, 7) is 7.62. The van der Waals surface area contributed by atoms with Crippen LogP contribution in [-0.4, -0.2) is 65.5 Å². The van der Waals surface area contributed by atoms with Crippen molar-refractivity contribution in [1.82, 2.24) is 25.0 Å². The van der Waals surface area contributed by atoms with Crippen LogP contribution in [0, 0.1) is 13.8 Å². The molecule has 1 amide bonds. The van der Waals surface area contributed by atoms with E-state index in [4.69, 9.17) is 26.1 Å². The average Bonchev–Trinajstić information content (AvgIpc) is 3.16. The van der Waals surface area contributed by atoms with Crippen LogP contribution in [0.1, 0.15) is 34.8 Å². The number of methoxy groups -OCH3 is 1. The molecule has 3 heterocycles. The third kappa shape index (κ3) is 5.19. The molecule has 9 heteroatoms. The molecule has 3 aromatic rings. The molecule has 1 aliphatic heterocycles. The molecule has 0 aliphatic carbocycles. The van der Waals surface area contributed by atoms with Crippen LogP contribution in [0.5, 0.6) is 5.88 Å². The molecule has 8 nitrogen and oxygen atoms in total. The van der Waals surface area contributed by atoms with Gasteiger partial charge in [-0.3, -0.25) is 9.69 Å². The zero-order chi connectivity index (χ0) is 24.2. The zero-order valence-corrected chi connectivity index (χ0v) is 21.0. The minimum atomic E-state index is 0.0178. The Labute approximate surface area is 205 Å². The third-order valence-corrected chi connectivity index (χ3v) is 6.80. The van der Waals surface area contributed by atoms with E-state index in [1.165, 1.54) is 0 Å². The van der Waals surface area contributed by atoms with E-state index in [2.05, 4.69) is 15.3 Å². The fourth-order valence-electron chi connectivity index (χ4n) is 4.68. The summed E-state index contributed by atoms with van der Waals surface area (Å²) in [6, 6.07) is 7.93. The first-order valence-electron chi connectivity index (χ1n) is 11.6. The van der Waals surface area contributed by atoms with E-state index in [1.807, 2.05) is 45.2 Å². The molecule has 1 saturated heterocycles. The Morgan fingerprint density at radius 2 is 1.94 bits per heavy atom. The fraction of sp³-hybridized carbons (Fsp3) is 0.480. The Bertz CT molecular complexity index is 1160. The summed E-state index contributed by atoms with van der Waals surface area (Å²) >= 11 is 6.09. The highest BCUT2D eigenvalue weighted by molar-refractivity contribution is 6.30. The van der Waals surface area contributed by atoms with Crippen molar-refractivity contribution in [2.75, 3.05) is 40.0 Å². The fourth-order valence-corrected chi connectivity index (χ4v) is 4.80. The number of benzene rings is 1. The van der Waals surface area contributed by atoms with Gasteiger partial charge in [-0.25, -0.2) is 9.67 Å². The summed E-state index contributed by atoms with van der Waals surface area (Å²) < 4.78 is 12.7. The molecule has 34 heavy (non-hydrogen) atoms. The van der Waals surface area contributed by atoms with Crippen LogP contribution in [0.3, 0.4) is 0 Å². The van der Waals surface area contributed by atoms with Crippen LogP contribution in [0.15, 0.2) is 24.3 Å². The molecular formula is C25H32ClN5O3. The number of aryl methyl sites for hydroxylation is 3. The predicted octanol–water partition coefficient (Wildman–Crippen LogP) is 3.37. The number of nitrogens with zero attached hydrogens (tertiary/aromatic N) is 4. The molecule has 1 fully saturated rings. The van der Waals surface area contributed by atoms with Crippen molar-refractivity contribution < 1.29 is 14.3 Å². The molecule has 2 aromatic heterocycles. The van der Waals surface area contributed by atoms with Crippen molar-refractivity contribution in [2.45, 2.75) is 32.7 Å². The number of halogens is 1. The highest BCUT2D eigenvalue weighted by Gasteiger charge is 2.24. The minimum absolute atomic E-state index is 0.0178. The second kappa shape index (κ2) is 10.7. The van der Waals surface area contributed by atoms with Crippen LogP contribution >= 0.6 is 11.6 Å². The number of hydrogen-bond donors (Lipinski definition) is 1. The lowest BCUT2D eigenvalue weighted by Gasteiger charge is -2.35. The van der Waals surface area contributed by atoms with Crippen LogP contribution in [-0.2, 0) is 23.0 Å². The first-order valence-corrected chi connectivity index (χ1v) is 12.0. The van der Waals surface area contributed by atoms with E-state index in [9.17, 15) is 4.79 Å². The molecule has 1 unspecified atom stereocenters. The number of pyridine rings is 1. The Balaban J connectivity index is 1.44. The lowest BCUT2D eigenvalue weighted by atomic mass is 10.00. The maximum atomic E-state index is 12.9. The first-order chi connectivity index (χ1) is 16.4. The summed E-state index contributed by atoms with van der Waals surface area (Å²) in [6.07, 6.45) is 0.988. The summed E-state index contributed by atoms with van der Waals surface area (Å²) in [5, 5.41) is 9.16. The van der Waals surface area contributed by atoms with E-state index in [0.29, 0.717) is 43.5 Å². The highest BCUT2D eigenvalue weighted by Crippen LogP contribution is 2.30. The Hall–Kier alpha value is -2.68. The minimum Gasteiger partial charge on any atom is -0.479 e. The number of rotatable bonds is 8. The van der Waals surface area contributed by atoms with Gasteiger partial charge in [-0.1, -0.05) is 23.7 Å². The molecule has 0 spiro atoms. The quantitative estimate of drug-likeness (QED) is 0.527. The number of amides is 1. The third-order valence-electron chi connectivity index (χ3n) is 6.55. The molecule has 4 rings (SSSR count). The van der Waals surface area contributed by atoms with Gasteiger partial charge in [0.25, 0.3) is 0 Å². The van der Waals surface area contributed by atoms with Crippen LogP contribution in [0.25, 0.3) is 11.0 Å². The van der Waals surface area contributed by atoms with Crippen molar-refractivity contribution in [2.24, 2.45) is 7.05 Å². The van der Waals surface area contributed by atoms with Gasteiger partial charge in [0.15, 0.2) is 5.65 Å². The topological polar surface area (TPSA) is 81.5 Å². The van der Waals surface area contributed by atoms with Gasteiger partial charge in [-0.15, -0.1) is 5.10 Å². The maximum Gasteiger partial charge on any atom is 0.242 e. The standard InChI is InChI=1S/C25H32ClN5O3/c1-16-20(17(2)28-24-23(16)25(33-4)29-30(24)3)9-10-22(32)27-15-21(31-11-13-34-14-12-31)18-5-7-19(26)8-6-18/h5-8,21H,9-15H2,1-4H3,(H,27,32). The second-order valence-electron chi connectivity index (χ2n) is 8.65. The molecule has 1 atom stereocenters. The van der Waals surface area contributed by atoms with Crippen LogP contribution in [0.4, 0.5) is 0 Å². The van der Waals surface area contributed by atoms with Gasteiger partial charge in [0.1, 0.15) is 0 Å². The SMILES string of the molecule is COc1nn(C)c2nc(C)c(CCC(=O)NCC(c3ccc(Cl)cc3)N3CCOCC3)c(C)c12. The Morgan fingerprint density at radius 1 is 1.24 bits per heavy atom. The lowest BCUT2D eigenvalue weighted by Crippen LogP contribution is -2.43. The summed E-state index contributed by atoms with van der Waals surface area (Å²) in [7, 11) is 3.47. The monoisotopic (exact) mass is 485 g/mol. The number of hydrogen-bond acceptors (Lipinski definition) is 6. The van der Waals surface area contributed by atoms with Gasteiger partial charge in [-0.2, -0.15) is 0 Å². The van der Waals surface area contributed by atoms with Crippen molar-refractivity contribution in [3.63, 3.8) is 0 Å². The summed E-state index contributed by atoms with van der Waals surface area (Å²) in [4.78, 5) is 19.9. The van der Waals surface area contributed by atoms with Crippen LogP contribution in [0.2, 0.25) is 5.02 Å². The summed E-state index contributed by atoms with van der Waals surface area (Å²) in [5.41, 5.74) is 4.97. The summed E-state index contributed by atoms with van der Waals surface area (Å²) in [5.74, 6) is 0.578. The average molecular weight is 486 g/mol. The molecule has 1 N–H and O–H groups in total. The molecule has 0 bridgehead atoms. The molecule has 0 radical (unpaired) electrons. The normalized spacial score (nSPS) is 15.4. The zero-order valence-electron chi connectivity index (χ0n) is 20.2. The van der Waals surface area contributed by atoms with Gasteiger partial charge in [-0.05, 0) is 49.1 Å². The Kier molecular flexibility index (Phi) is 7.70. The van der Waals surface area contributed by atoms with Crippen LogP contribution < -0.4 is 10.1 Å². The maximum absolute atomic E-state index is 12.9. The number of aromatic nitrogens is 3. The molecule has 182 valence electrons. The van der Waals surface area contributed by atoms with E-state index in [1.54, 1.807) is 11.8 Å². The second-order valence-corrected chi connectivity index (χ2v) is 9.09. The van der Waals surface area contributed by atoms with Crippen molar-refractivity contribution in [1.29, 1.82) is 0 Å². The first kappa shape index (κ1) is 24.4. The van der Waals surface area contributed by atoms with Gasteiger partial charge in [0, 0.05) is 43.8 Å². The number of nitrogens with one attached hydrogen (secondary N) is 1. The largest absolute Gasteiger partial charge is 0.479 e. The van der Waals surface area contributed by atoms with Gasteiger partial charge < -0.3 is 14.8 Å². The Morgan fingerprint density at radius 3 is 2.62 bits per heavy atom. The molecule has 1 aliphatic rings. The number of ether oxygens (including phenoxy) is 2. The molecule has 1 aromatic carbocycles. The molecular weight excluding hydrogens is 454 g/mol. The number of morpholine rings is 1. The van der Waals surface area contributed by atoms with Crippen molar-refractivity contribution in [3.8, 4) is 5.88 Å². The highest BCUT2D eigenvalue weighted by atomic mass is 35.5. The van der Waals surface area contributed by atoms with Gasteiger partial charge >= 0.3 is 0 Å². The van der Waals surface area contributed by atoms with E-state index < -0.39 is 0 Å². The molecule has 0 saturated carbocycles. The van der Waals surface area contributed by atoms with Gasteiger partial charge in [0.05, 0.1) is 31.8 Å². The van der Waals surface area contributed by atoms with E-state index >= 15 is 0 Å². The smallest absolute Gasteiger partial charge is 0.242 e. The van der Waals surface area contributed by atoms with Crippen molar-refractivity contribution in [3.05, 3.63) is 51.7 Å². The number of carbonyl (C=O) groups is 1. The van der Waals surface area contributed by atoms with Gasteiger partial charge in [0.2, 0.25) is 11.8 Å². The lowest BCUT2D eigenvalue weighted by molar-refractivity contribution is -0.121. The van der Waals surface area contributed by atoms with Crippen molar-refractivity contribution >= 4 is 28.5 Å². The van der Waals surface area contributed by atoms with E-state index in [-0.39, 0.29) is 11.9 Å².